The van der Waals surface area contributed by atoms with E-state index in [-0.39, 0.29) is 28.6 Å². The fourth-order valence-corrected chi connectivity index (χ4v) is 1.40. The molecule has 0 heterocycles. The van der Waals surface area contributed by atoms with Crippen LogP contribution in [0.1, 0.15) is 21.5 Å². The summed E-state index contributed by atoms with van der Waals surface area (Å²) in [5.41, 5.74) is 1.54. The van der Waals surface area contributed by atoms with Crippen molar-refractivity contribution < 1.29 is 25.2 Å². The van der Waals surface area contributed by atoms with Crippen LogP contribution in [0.3, 0.4) is 0 Å². The van der Waals surface area contributed by atoms with Crippen molar-refractivity contribution in [3.05, 3.63) is 47.0 Å². The standard InChI is InChI=1S/C8H8O3.C7H8O2/c1-5-2-6(4-9)8(11)3-7(5)10;1-5-2-3-6(8)4-7(5)9/h2-4,10-11H,1H3;2-4,8-9H,1H3. The molecule has 0 radical (unpaired) electrons. The number of benzene rings is 2. The minimum absolute atomic E-state index is 0.00639. The highest BCUT2D eigenvalue weighted by atomic mass is 16.3. The Bertz CT molecular complexity index is 620. The Labute approximate surface area is 116 Å². The van der Waals surface area contributed by atoms with Crippen molar-refractivity contribution >= 4 is 6.29 Å². The van der Waals surface area contributed by atoms with Crippen molar-refractivity contribution in [1.82, 2.24) is 0 Å². The Morgan fingerprint density at radius 2 is 1.40 bits per heavy atom. The minimum atomic E-state index is -0.192. The van der Waals surface area contributed by atoms with E-state index in [0.29, 0.717) is 11.8 Å². The van der Waals surface area contributed by atoms with E-state index in [1.54, 1.807) is 19.9 Å². The maximum Gasteiger partial charge on any atom is 0.153 e. The summed E-state index contributed by atoms with van der Waals surface area (Å²) in [6.07, 6.45) is 0.543. The summed E-state index contributed by atoms with van der Waals surface area (Å²) in [4.78, 5) is 10.2. The van der Waals surface area contributed by atoms with Crippen molar-refractivity contribution in [2.75, 3.05) is 0 Å². The highest BCUT2D eigenvalue weighted by molar-refractivity contribution is 5.80. The van der Waals surface area contributed by atoms with Crippen LogP contribution in [0.25, 0.3) is 0 Å². The summed E-state index contributed by atoms with van der Waals surface area (Å²) >= 11 is 0. The first-order valence-electron chi connectivity index (χ1n) is 5.81. The van der Waals surface area contributed by atoms with Gasteiger partial charge in [-0.25, -0.2) is 0 Å². The largest absolute Gasteiger partial charge is 0.508 e. The molecule has 2 rings (SSSR count). The van der Waals surface area contributed by atoms with Gasteiger partial charge in [0.05, 0.1) is 5.56 Å². The molecule has 4 N–H and O–H groups in total. The summed E-state index contributed by atoms with van der Waals surface area (Å²) in [6, 6.07) is 7.09. The lowest BCUT2D eigenvalue weighted by molar-refractivity contribution is 0.112. The third-order valence-corrected chi connectivity index (χ3v) is 2.66. The van der Waals surface area contributed by atoms with Crippen molar-refractivity contribution in [2.45, 2.75) is 13.8 Å². The summed E-state index contributed by atoms with van der Waals surface area (Å²) in [7, 11) is 0. The average molecular weight is 276 g/mol. The second kappa shape index (κ2) is 6.47. The Hall–Kier alpha value is -2.69. The molecule has 5 heteroatoms. The first-order chi connectivity index (χ1) is 9.35. The van der Waals surface area contributed by atoms with Gasteiger partial charge in [-0.1, -0.05) is 6.07 Å². The maximum atomic E-state index is 10.2. The number of phenolic OH excluding ortho intramolecular Hbond substituents is 4. The molecular formula is C15H16O5. The van der Waals surface area contributed by atoms with Crippen LogP contribution in [0.5, 0.6) is 23.0 Å². The first-order valence-corrected chi connectivity index (χ1v) is 5.81. The maximum absolute atomic E-state index is 10.2. The fourth-order valence-electron chi connectivity index (χ4n) is 1.40. The number of carbonyl (C=O) groups is 1. The molecule has 0 aliphatic rings. The summed E-state index contributed by atoms with van der Waals surface area (Å²) in [6.45, 7) is 3.43. The Morgan fingerprint density at radius 3 is 1.90 bits per heavy atom. The highest BCUT2D eigenvalue weighted by Gasteiger charge is 2.03. The highest BCUT2D eigenvalue weighted by Crippen LogP contribution is 2.25. The molecule has 0 amide bonds. The number of rotatable bonds is 1. The van der Waals surface area contributed by atoms with Gasteiger partial charge in [0.25, 0.3) is 0 Å². The van der Waals surface area contributed by atoms with Crippen molar-refractivity contribution in [1.29, 1.82) is 0 Å². The molecule has 0 saturated heterocycles. The number of phenols is 4. The van der Waals surface area contributed by atoms with Crippen LogP contribution in [0.15, 0.2) is 30.3 Å². The van der Waals surface area contributed by atoms with E-state index in [2.05, 4.69) is 0 Å². The number of aromatic hydroxyl groups is 4. The van der Waals surface area contributed by atoms with Gasteiger partial charge >= 0.3 is 0 Å². The third-order valence-electron chi connectivity index (χ3n) is 2.66. The predicted molar refractivity (Wildman–Crippen MR) is 74.4 cm³/mol. The number of aldehydes is 1. The summed E-state index contributed by atoms with van der Waals surface area (Å²) < 4.78 is 0. The molecule has 20 heavy (non-hydrogen) atoms. The molecule has 0 unspecified atom stereocenters. The van der Waals surface area contributed by atoms with Crippen molar-refractivity contribution in [3.63, 3.8) is 0 Å². The second-order valence-corrected chi connectivity index (χ2v) is 4.29. The zero-order chi connectivity index (χ0) is 15.3. The second-order valence-electron chi connectivity index (χ2n) is 4.29. The van der Waals surface area contributed by atoms with Crippen molar-refractivity contribution in [3.8, 4) is 23.0 Å². The lowest BCUT2D eigenvalue weighted by Gasteiger charge is -2.00. The first kappa shape index (κ1) is 15.4. The van der Waals surface area contributed by atoms with E-state index < -0.39 is 0 Å². The number of hydrogen-bond acceptors (Lipinski definition) is 5. The van der Waals surface area contributed by atoms with Crippen molar-refractivity contribution in [2.24, 2.45) is 0 Å². The van der Waals surface area contributed by atoms with Gasteiger partial charge in [0.2, 0.25) is 0 Å². The molecule has 0 aliphatic carbocycles. The number of hydrogen-bond donors (Lipinski definition) is 4. The smallest absolute Gasteiger partial charge is 0.153 e. The molecule has 106 valence electrons. The molecule has 0 atom stereocenters. The lowest BCUT2D eigenvalue weighted by atomic mass is 10.1. The van der Waals surface area contributed by atoms with Gasteiger partial charge in [-0.15, -0.1) is 0 Å². The van der Waals surface area contributed by atoms with Crippen LogP contribution in [-0.2, 0) is 0 Å². The molecule has 0 fully saturated rings. The van der Waals surface area contributed by atoms with Crippen LogP contribution < -0.4 is 0 Å². The topological polar surface area (TPSA) is 98.0 Å². The summed E-state index contributed by atoms with van der Waals surface area (Å²) in [5, 5.41) is 35.8. The Balaban J connectivity index is 0.000000204. The van der Waals surface area contributed by atoms with E-state index in [1.165, 1.54) is 18.2 Å². The normalized spacial score (nSPS) is 9.50. The van der Waals surface area contributed by atoms with E-state index in [4.69, 9.17) is 20.4 Å². The quantitative estimate of drug-likeness (QED) is 0.600. The van der Waals surface area contributed by atoms with Gasteiger partial charge in [-0.05, 0) is 37.1 Å². The average Bonchev–Trinajstić information content (AvgIpc) is 2.39. The molecule has 0 bridgehead atoms. The van der Waals surface area contributed by atoms with Gasteiger partial charge in [0, 0.05) is 12.1 Å². The van der Waals surface area contributed by atoms with Gasteiger partial charge in [0.1, 0.15) is 23.0 Å². The number of aryl methyl sites for hydroxylation is 2. The molecule has 0 saturated carbocycles. The molecule has 0 spiro atoms. The predicted octanol–water partition coefficient (Wildman–Crippen LogP) is 2.62. The summed E-state index contributed by atoms with van der Waals surface area (Å²) in [5.74, 6) is 0.0318. The molecule has 0 aliphatic heterocycles. The van der Waals surface area contributed by atoms with Gasteiger partial charge in [-0.2, -0.15) is 0 Å². The molecule has 5 nitrogen and oxygen atoms in total. The molecule has 0 aromatic heterocycles. The Morgan fingerprint density at radius 1 is 0.800 bits per heavy atom. The monoisotopic (exact) mass is 276 g/mol. The van der Waals surface area contributed by atoms with Crippen LogP contribution in [0, 0.1) is 13.8 Å². The van der Waals surface area contributed by atoms with E-state index in [0.717, 1.165) is 11.6 Å². The molecular weight excluding hydrogens is 260 g/mol. The SMILES string of the molecule is Cc1cc(C=O)c(O)cc1O.Cc1ccc(O)cc1O. The zero-order valence-corrected chi connectivity index (χ0v) is 11.2. The van der Waals surface area contributed by atoms with Gasteiger partial charge in [-0.3, -0.25) is 4.79 Å². The minimum Gasteiger partial charge on any atom is -0.508 e. The van der Waals surface area contributed by atoms with Crippen LogP contribution in [0.4, 0.5) is 0 Å². The Kier molecular flexibility index (Phi) is 4.97. The number of carbonyl (C=O) groups excluding carboxylic acids is 1. The zero-order valence-electron chi connectivity index (χ0n) is 11.2. The van der Waals surface area contributed by atoms with E-state index >= 15 is 0 Å². The van der Waals surface area contributed by atoms with Gasteiger partial charge < -0.3 is 20.4 Å². The fraction of sp³-hybridized carbons (Fsp3) is 0.133. The van der Waals surface area contributed by atoms with Gasteiger partial charge in [0.15, 0.2) is 6.29 Å². The van der Waals surface area contributed by atoms with E-state index in [1.807, 2.05) is 0 Å². The lowest BCUT2D eigenvalue weighted by Crippen LogP contribution is -1.83. The molecule has 2 aromatic carbocycles. The van der Waals surface area contributed by atoms with E-state index in [9.17, 15) is 4.79 Å². The van der Waals surface area contributed by atoms with Crippen LogP contribution >= 0.6 is 0 Å². The molecule has 2 aromatic rings. The third kappa shape index (κ3) is 3.91. The van der Waals surface area contributed by atoms with Crippen LogP contribution in [-0.4, -0.2) is 26.7 Å². The van der Waals surface area contributed by atoms with Crippen LogP contribution in [0.2, 0.25) is 0 Å².